The normalized spacial score (nSPS) is 22.5. The van der Waals surface area contributed by atoms with Crippen LogP contribution in [0.1, 0.15) is 30.4 Å². The standard InChI is InChI=1S/C15H20FNO2/c1-10-8-11(6-7-13(10)16)9-17-14-5-3-4-12(14)15(18)19-2/h6-8,12,14,17H,3-5,9H2,1-2H3/t12-,14+/m1/s1. The molecule has 0 heterocycles. The summed E-state index contributed by atoms with van der Waals surface area (Å²) in [6.07, 6.45) is 2.91. The van der Waals surface area contributed by atoms with Crippen LogP contribution in [0.25, 0.3) is 0 Å². The topological polar surface area (TPSA) is 38.3 Å². The van der Waals surface area contributed by atoms with Crippen LogP contribution in [0.2, 0.25) is 0 Å². The van der Waals surface area contributed by atoms with Crippen LogP contribution in [0.5, 0.6) is 0 Å². The minimum atomic E-state index is -0.183. The molecule has 0 saturated heterocycles. The summed E-state index contributed by atoms with van der Waals surface area (Å²) in [6, 6.07) is 5.26. The molecular weight excluding hydrogens is 245 g/mol. The molecule has 1 aliphatic rings. The zero-order valence-corrected chi connectivity index (χ0v) is 11.4. The van der Waals surface area contributed by atoms with Crippen LogP contribution >= 0.6 is 0 Å². The van der Waals surface area contributed by atoms with Crippen molar-refractivity contribution in [2.45, 2.75) is 38.8 Å². The smallest absolute Gasteiger partial charge is 0.310 e. The lowest BCUT2D eigenvalue weighted by Gasteiger charge is -2.19. The first-order valence-corrected chi connectivity index (χ1v) is 6.68. The van der Waals surface area contributed by atoms with Crippen molar-refractivity contribution in [3.63, 3.8) is 0 Å². The number of rotatable bonds is 4. The number of ether oxygens (including phenoxy) is 1. The van der Waals surface area contributed by atoms with Crippen LogP contribution in [0.15, 0.2) is 18.2 Å². The van der Waals surface area contributed by atoms with Crippen LogP contribution < -0.4 is 5.32 Å². The third-order valence-corrected chi connectivity index (χ3v) is 3.81. The highest BCUT2D eigenvalue weighted by molar-refractivity contribution is 5.73. The Morgan fingerprint density at radius 1 is 1.47 bits per heavy atom. The van der Waals surface area contributed by atoms with Crippen molar-refractivity contribution in [1.29, 1.82) is 0 Å². The van der Waals surface area contributed by atoms with Gasteiger partial charge in [0.15, 0.2) is 0 Å². The van der Waals surface area contributed by atoms with E-state index in [1.54, 1.807) is 13.0 Å². The molecule has 1 N–H and O–H groups in total. The van der Waals surface area contributed by atoms with Crippen molar-refractivity contribution in [2.24, 2.45) is 5.92 Å². The van der Waals surface area contributed by atoms with E-state index in [0.29, 0.717) is 12.1 Å². The number of methoxy groups -OCH3 is 1. The molecule has 1 fully saturated rings. The van der Waals surface area contributed by atoms with Gasteiger partial charge in [-0.25, -0.2) is 4.39 Å². The fourth-order valence-corrected chi connectivity index (χ4v) is 2.70. The summed E-state index contributed by atoms with van der Waals surface area (Å²) in [5, 5.41) is 3.39. The summed E-state index contributed by atoms with van der Waals surface area (Å²) in [5.41, 5.74) is 1.68. The lowest BCUT2D eigenvalue weighted by molar-refractivity contribution is -0.145. The largest absolute Gasteiger partial charge is 0.469 e. The SMILES string of the molecule is COC(=O)[C@@H]1CCC[C@@H]1NCc1ccc(F)c(C)c1. The number of nitrogens with one attached hydrogen (secondary N) is 1. The molecule has 0 amide bonds. The van der Waals surface area contributed by atoms with E-state index in [-0.39, 0.29) is 23.7 Å². The van der Waals surface area contributed by atoms with Gasteiger partial charge >= 0.3 is 5.97 Å². The minimum absolute atomic E-state index is 0.0495. The number of benzene rings is 1. The Bertz CT molecular complexity index is 461. The predicted octanol–water partition coefficient (Wildman–Crippen LogP) is 2.57. The number of carbonyl (C=O) groups excluding carboxylic acids is 1. The third kappa shape index (κ3) is 3.32. The molecular formula is C15H20FNO2. The van der Waals surface area contributed by atoms with Crippen molar-refractivity contribution in [1.82, 2.24) is 5.32 Å². The molecule has 0 spiro atoms. The van der Waals surface area contributed by atoms with Gasteiger partial charge in [0.1, 0.15) is 5.82 Å². The molecule has 19 heavy (non-hydrogen) atoms. The number of carbonyl (C=O) groups is 1. The van der Waals surface area contributed by atoms with E-state index in [9.17, 15) is 9.18 Å². The molecule has 3 nitrogen and oxygen atoms in total. The Labute approximate surface area is 113 Å². The van der Waals surface area contributed by atoms with Gasteiger partial charge in [0.05, 0.1) is 13.0 Å². The number of aryl methyl sites for hydroxylation is 1. The van der Waals surface area contributed by atoms with Gasteiger partial charge in [-0.2, -0.15) is 0 Å². The van der Waals surface area contributed by atoms with E-state index in [0.717, 1.165) is 24.8 Å². The Hall–Kier alpha value is -1.42. The Balaban J connectivity index is 1.94. The van der Waals surface area contributed by atoms with Crippen LogP contribution in [0, 0.1) is 18.7 Å². The summed E-state index contributed by atoms with van der Waals surface area (Å²) in [7, 11) is 1.43. The van der Waals surface area contributed by atoms with Crippen LogP contribution in [0.3, 0.4) is 0 Å². The van der Waals surface area contributed by atoms with E-state index in [1.165, 1.54) is 13.2 Å². The van der Waals surface area contributed by atoms with Crippen LogP contribution in [0.4, 0.5) is 4.39 Å². The number of esters is 1. The number of hydrogen-bond donors (Lipinski definition) is 1. The van der Waals surface area contributed by atoms with Gasteiger partial charge in [-0.3, -0.25) is 4.79 Å². The quantitative estimate of drug-likeness (QED) is 0.850. The number of halogens is 1. The molecule has 1 aromatic rings. The molecule has 1 aliphatic carbocycles. The molecule has 4 heteroatoms. The van der Waals surface area contributed by atoms with Crippen LogP contribution in [-0.2, 0) is 16.1 Å². The van der Waals surface area contributed by atoms with Gasteiger partial charge in [0, 0.05) is 12.6 Å². The highest BCUT2D eigenvalue weighted by atomic mass is 19.1. The Morgan fingerprint density at radius 3 is 2.95 bits per heavy atom. The van der Waals surface area contributed by atoms with Gasteiger partial charge < -0.3 is 10.1 Å². The first-order valence-electron chi connectivity index (χ1n) is 6.68. The molecule has 0 aliphatic heterocycles. The lowest BCUT2D eigenvalue weighted by atomic mass is 10.0. The summed E-state index contributed by atoms with van der Waals surface area (Å²) in [4.78, 5) is 11.6. The monoisotopic (exact) mass is 265 g/mol. The average molecular weight is 265 g/mol. The summed E-state index contributed by atoms with van der Waals surface area (Å²) >= 11 is 0. The van der Waals surface area contributed by atoms with E-state index in [4.69, 9.17) is 4.74 Å². The molecule has 1 aromatic carbocycles. The summed E-state index contributed by atoms with van der Waals surface area (Å²) in [5.74, 6) is -0.367. The second-order valence-electron chi connectivity index (χ2n) is 5.13. The summed E-state index contributed by atoms with van der Waals surface area (Å²) < 4.78 is 18.0. The second kappa shape index (κ2) is 6.15. The van der Waals surface area contributed by atoms with Gasteiger partial charge in [0.2, 0.25) is 0 Å². The van der Waals surface area contributed by atoms with Gasteiger partial charge in [0.25, 0.3) is 0 Å². The molecule has 2 rings (SSSR count). The second-order valence-corrected chi connectivity index (χ2v) is 5.13. The zero-order chi connectivity index (χ0) is 13.8. The first-order chi connectivity index (χ1) is 9.11. The molecule has 2 atom stereocenters. The van der Waals surface area contributed by atoms with E-state index in [1.807, 2.05) is 6.07 Å². The van der Waals surface area contributed by atoms with E-state index >= 15 is 0 Å². The lowest BCUT2D eigenvalue weighted by Crippen LogP contribution is -2.36. The maximum absolute atomic E-state index is 13.2. The molecule has 104 valence electrons. The molecule has 0 unspecified atom stereocenters. The fourth-order valence-electron chi connectivity index (χ4n) is 2.70. The molecule has 0 radical (unpaired) electrons. The predicted molar refractivity (Wildman–Crippen MR) is 71.1 cm³/mol. The highest BCUT2D eigenvalue weighted by Crippen LogP contribution is 2.27. The van der Waals surface area contributed by atoms with Gasteiger partial charge in [-0.15, -0.1) is 0 Å². The van der Waals surface area contributed by atoms with Gasteiger partial charge in [-0.1, -0.05) is 18.6 Å². The third-order valence-electron chi connectivity index (χ3n) is 3.81. The van der Waals surface area contributed by atoms with Crippen molar-refractivity contribution < 1.29 is 13.9 Å². The van der Waals surface area contributed by atoms with E-state index in [2.05, 4.69) is 5.32 Å². The molecule has 0 bridgehead atoms. The zero-order valence-electron chi connectivity index (χ0n) is 11.4. The Morgan fingerprint density at radius 2 is 2.26 bits per heavy atom. The highest BCUT2D eigenvalue weighted by Gasteiger charge is 2.33. The maximum atomic E-state index is 13.2. The molecule has 0 aromatic heterocycles. The first kappa shape index (κ1) is 14.0. The number of hydrogen-bond acceptors (Lipinski definition) is 3. The maximum Gasteiger partial charge on any atom is 0.310 e. The minimum Gasteiger partial charge on any atom is -0.469 e. The fraction of sp³-hybridized carbons (Fsp3) is 0.533. The Kier molecular flexibility index (Phi) is 4.53. The van der Waals surface area contributed by atoms with Crippen molar-refractivity contribution >= 4 is 5.97 Å². The average Bonchev–Trinajstić information content (AvgIpc) is 2.87. The molecule has 1 saturated carbocycles. The summed E-state index contributed by atoms with van der Waals surface area (Å²) in [6.45, 7) is 2.41. The van der Waals surface area contributed by atoms with E-state index < -0.39 is 0 Å². The van der Waals surface area contributed by atoms with Crippen molar-refractivity contribution in [3.8, 4) is 0 Å². The van der Waals surface area contributed by atoms with Gasteiger partial charge in [-0.05, 0) is 37.0 Å². The van der Waals surface area contributed by atoms with Crippen molar-refractivity contribution in [3.05, 3.63) is 35.1 Å². The van der Waals surface area contributed by atoms with Crippen molar-refractivity contribution in [2.75, 3.05) is 7.11 Å². The van der Waals surface area contributed by atoms with Crippen LogP contribution in [-0.4, -0.2) is 19.1 Å².